The van der Waals surface area contributed by atoms with Crippen LogP contribution in [0.5, 0.6) is 0 Å². The maximum Gasteiger partial charge on any atom is 0.326 e. The Hall–Kier alpha value is -2.42. The number of carboxylic acids is 1. The number of nitrogens with zero attached hydrogens (tertiary/aromatic N) is 1. The molecule has 3 N–H and O–H groups in total. The van der Waals surface area contributed by atoms with E-state index in [0.29, 0.717) is 10.5 Å². The maximum atomic E-state index is 11.3. The summed E-state index contributed by atoms with van der Waals surface area (Å²) in [6.45, 7) is 0. The highest BCUT2D eigenvalue weighted by Gasteiger charge is 2.22. The third-order valence-electron chi connectivity index (χ3n) is 6.41. The Morgan fingerprint density at radius 2 is 1.41 bits per heavy atom. The second kappa shape index (κ2) is 14.1. The average Bonchev–Trinajstić information content (AvgIpc) is 2.86. The fourth-order valence-electron chi connectivity index (χ4n) is 4.60. The minimum atomic E-state index is -1.05. The first-order valence-corrected chi connectivity index (χ1v) is 13.1. The van der Waals surface area contributed by atoms with Crippen LogP contribution in [0.4, 0.5) is 5.69 Å². The van der Waals surface area contributed by atoms with Gasteiger partial charge in [-0.2, -0.15) is 0 Å². The molecule has 2 aliphatic rings. The second-order valence-electron chi connectivity index (χ2n) is 8.96. The average molecular weight is 486 g/mol. The zero-order valence-corrected chi connectivity index (χ0v) is 20.3. The Bertz CT molecular complexity index is 884. The molecule has 0 aromatic heterocycles. The highest BCUT2D eigenvalue weighted by Crippen LogP contribution is 2.29. The Morgan fingerprint density at radius 1 is 0.882 bits per heavy atom. The van der Waals surface area contributed by atoms with Gasteiger partial charge in [-0.1, -0.05) is 81.0 Å². The molecular formula is C26H35N3O4S. The van der Waals surface area contributed by atoms with Crippen LogP contribution in [-0.4, -0.2) is 28.1 Å². The van der Waals surface area contributed by atoms with Crippen molar-refractivity contribution < 1.29 is 14.8 Å². The van der Waals surface area contributed by atoms with E-state index in [9.17, 15) is 20.0 Å². The van der Waals surface area contributed by atoms with Gasteiger partial charge in [0.15, 0.2) is 0 Å². The summed E-state index contributed by atoms with van der Waals surface area (Å²) in [5.74, 6) is -1.05. The van der Waals surface area contributed by atoms with Crippen molar-refractivity contribution in [3.05, 3.63) is 70.3 Å². The van der Waals surface area contributed by atoms with Gasteiger partial charge < -0.3 is 10.4 Å². The van der Waals surface area contributed by atoms with Gasteiger partial charge in [0.25, 0.3) is 5.69 Å². The molecule has 0 heterocycles. The molecule has 2 aliphatic carbocycles. The zero-order valence-electron chi connectivity index (χ0n) is 19.5. The third-order valence-corrected chi connectivity index (χ3v) is 7.33. The van der Waals surface area contributed by atoms with E-state index in [4.69, 9.17) is 0 Å². The number of nitrogens with one attached hydrogen (secondary N) is 2. The number of para-hydroxylation sites is 1. The first-order chi connectivity index (χ1) is 16.5. The first-order valence-electron chi connectivity index (χ1n) is 12.2. The fraction of sp³-hybridized carbons (Fsp3) is 0.500. The molecule has 0 saturated heterocycles. The minimum Gasteiger partial charge on any atom is -0.480 e. The Balaban J connectivity index is 0.000000212. The lowest BCUT2D eigenvalue weighted by molar-refractivity contribution is -0.387. The van der Waals surface area contributed by atoms with Crippen LogP contribution < -0.4 is 10.0 Å². The predicted molar refractivity (Wildman–Crippen MR) is 136 cm³/mol. The van der Waals surface area contributed by atoms with E-state index in [2.05, 4.69) is 10.0 Å². The number of carboxylic acid groups (broad SMARTS) is 1. The molecule has 2 aromatic carbocycles. The summed E-state index contributed by atoms with van der Waals surface area (Å²) in [6, 6.07) is 15.6. The molecule has 2 saturated carbocycles. The van der Waals surface area contributed by atoms with Crippen molar-refractivity contribution in [1.82, 2.24) is 10.0 Å². The molecule has 8 heteroatoms. The molecule has 1 unspecified atom stereocenters. The van der Waals surface area contributed by atoms with Gasteiger partial charge in [0, 0.05) is 18.2 Å². The number of aliphatic carboxylic acids is 1. The van der Waals surface area contributed by atoms with Crippen LogP contribution >= 0.6 is 11.9 Å². The zero-order chi connectivity index (χ0) is 24.2. The highest BCUT2D eigenvalue weighted by atomic mass is 32.2. The lowest BCUT2D eigenvalue weighted by Crippen LogP contribution is -2.40. The lowest BCUT2D eigenvalue weighted by atomic mass is 9.91. The minimum absolute atomic E-state index is 0.0628. The van der Waals surface area contributed by atoms with Gasteiger partial charge in [0.1, 0.15) is 10.9 Å². The maximum absolute atomic E-state index is 11.3. The quantitative estimate of drug-likeness (QED) is 0.230. The molecule has 1 atom stereocenters. The van der Waals surface area contributed by atoms with E-state index in [1.54, 1.807) is 48.5 Å². The Morgan fingerprint density at radius 3 is 1.94 bits per heavy atom. The van der Waals surface area contributed by atoms with Crippen molar-refractivity contribution in [3.63, 3.8) is 0 Å². The van der Waals surface area contributed by atoms with Gasteiger partial charge in [-0.25, -0.2) is 4.72 Å². The van der Waals surface area contributed by atoms with Crippen LogP contribution in [0.15, 0.2) is 59.5 Å². The fourth-order valence-corrected chi connectivity index (χ4v) is 5.47. The number of carbonyl (C=O) groups is 1. The van der Waals surface area contributed by atoms with Gasteiger partial charge in [-0.3, -0.25) is 14.9 Å². The third kappa shape index (κ3) is 8.42. The van der Waals surface area contributed by atoms with Crippen LogP contribution in [0.2, 0.25) is 0 Å². The largest absolute Gasteiger partial charge is 0.480 e. The Kier molecular flexibility index (Phi) is 10.9. The van der Waals surface area contributed by atoms with Crippen molar-refractivity contribution in [2.45, 2.75) is 87.2 Å². The summed E-state index contributed by atoms with van der Waals surface area (Å²) >= 11 is 0.934. The van der Waals surface area contributed by atoms with E-state index in [1.165, 1.54) is 70.3 Å². The second-order valence-corrected chi connectivity index (χ2v) is 9.84. The highest BCUT2D eigenvalue weighted by molar-refractivity contribution is 7.97. The van der Waals surface area contributed by atoms with Crippen molar-refractivity contribution in [2.75, 3.05) is 0 Å². The van der Waals surface area contributed by atoms with Gasteiger partial charge in [0.2, 0.25) is 0 Å². The van der Waals surface area contributed by atoms with Crippen LogP contribution in [0, 0.1) is 10.1 Å². The molecule has 34 heavy (non-hydrogen) atoms. The standard InChI is InChI=1S/C14H12N2O4S.C12H23N/c17-14(18)13(10-6-2-1-3-7-10)15-21-12-9-5-4-8-11(12)16(19)20;1-3-7-11(8-4-1)13-12-9-5-2-6-10-12/h1-9,13,15H,(H,17,18);11-13H,1-10H2. The number of hydrogen-bond donors (Lipinski definition) is 3. The van der Waals surface area contributed by atoms with Crippen LogP contribution in [0.25, 0.3) is 0 Å². The summed E-state index contributed by atoms with van der Waals surface area (Å²) in [5, 5.41) is 24.0. The van der Waals surface area contributed by atoms with Gasteiger partial charge in [-0.15, -0.1) is 0 Å². The first kappa shape index (κ1) is 26.2. The smallest absolute Gasteiger partial charge is 0.326 e. The van der Waals surface area contributed by atoms with E-state index in [0.717, 1.165) is 24.0 Å². The molecule has 2 aromatic rings. The number of nitro groups is 1. The SMILES string of the molecule is C1CCC(NC2CCCCC2)CC1.O=C(O)C(NSc1ccccc1[N+](=O)[O-])c1ccccc1. The molecule has 0 radical (unpaired) electrons. The van der Waals surface area contributed by atoms with Crippen LogP contribution in [0.3, 0.4) is 0 Å². The van der Waals surface area contributed by atoms with Crippen molar-refractivity contribution in [1.29, 1.82) is 0 Å². The van der Waals surface area contributed by atoms with E-state index < -0.39 is 16.9 Å². The summed E-state index contributed by atoms with van der Waals surface area (Å²) in [5.41, 5.74) is 0.517. The molecule has 7 nitrogen and oxygen atoms in total. The molecule has 184 valence electrons. The van der Waals surface area contributed by atoms with E-state index >= 15 is 0 Å². The molecule has 4 rings (SSSR count). The number of nitro benzene ring substituents is 1. The van der Waals surface area contributed by atoms with Gasteiger partial charge in [0.05, 0.1) is 4.92 Å². The van der Waals surface area contributed by atoms with Gasteiger partial charge in [-0.05, 0) is 49.3 Å². The molecule has 0 spiro atoms. The van der Waals surface area contributed by atoms with E-state index in [-0.39, 0.29) is 5.69 Å². The summed E-state index contributed by atoms with van der Waals surface area (Å²) in [7, 11) is 0. The molecule has 2 fully saturated rings. The molecule has 0 bridgehead atoms. The Labute approximate surface area is 206 Å². The lowest BCUT2D eigenvalue weighted by Gasteiger charge is -2.30. The van der Waals surface area contributed by atoms with Gasteiger partial charge >= 0.3 is 5.97 Å². The van der Waals surface area contributed by atoms with Crippen molar-refractivity contribution in [3.8, 4) is 0 Å². The summed E-state index contributed by atoms with van der Waals surface area (Å²) < 4.78 is 2.76. The number of rotatable bonds is 8. The van der Waals surface area contributed by atoms with Crippen LogP contribution in [-0.2, 0) is 4.79 Å². The predicted octanol–water partition coefficient (Wildman–Crippen LogP) is 6.26. The monoisotopic (exact) mass is 485 g/mol. The van der Waals surface area contributed by atoms with E-state index in [1.807, 2.05) is 0 Å². The number of benzene rings is 2. The molecule has 0 aliphatic heterocycles. The molecular weight excluding hydrogens is 450 g/mol. The van der Waals surface area contributed by atoms with Crippen molar-refractivity contribution in [2.24, 2.45) is 0 Å². The topological polar surface area (TPSA) is 104 Å². The summed E-state index contributed by atoms with van der Waals surface area (Å²) in [4.78, 5) is 22.1. The molecule has 0 amide bonds. The summed E-state index contributed by atoms with van der Waals surface area (Å²) in [6.07, 6.45) is 14.6. The number of hydrogen-bond acceptors (Lipinski definition) is 6. The normalized spacial score (nSPS) is 17.9. The van der Waals surface area contributed by atoms with Crippen LogP contribution in [0.1, 0.15) is 75.8 Å². The van der Waals surface area contributed by atoms with Crippen molar-refractivity contribution >= 4 is 23.6 Å².